The summed E-state index contributed by atoms with van der Waals surface area (Å²) < 4.78 is 5.94. The maximum atomic E-state index is 4.14. The van der Waals surface area contributed by atoms with Gasteiger partial charge in [-0.25, -0.2) is 4.98 Å². The zero-order valence-corrected chi connectivity index (χ0v) is 9.37. The van der Waals surface area contributed by atoms with Crippen LogP contribution in [0.1, 0.15) is 19.0 Å². The monoisotopic (exact) mass is 223 g/mol. The number of hydrogen-bond donors (Lipinski definition) is 1. The average Bonchev–Trinajstić information content (AvgIpc) is 2.85. The Morgan fingerprint density at radius 3 is 3.13 bits per heavy atom. The fourth-order valence-corrected chi connectivity index (χ4v) is 1.77. The Bertz CT molecular complexity index is 394. The maximum Gasteiger partial charge on any atom is 0.130 e. The van der Waals surface area contributed by atoms with Crippen molar-refractivity contribution < 1.29 is 0 Å². The molecule has 6 heteroatoms. The van der Waals surface area contributed by atoms with Crippen LogP contribution in [0.5, 0.6) is 0 Å². The van der Waals surface area contributed by atoms with Crippen molar-refractivity contribution in [2.24, 2.45) is 0 Å². The van der Waals surface area contributed by atoms with E-state index in [0.29, 0.717) is 0 Å². The van der Waals surface area contributed by atoms with Gasteiger partial charge in [-0.3, -0.25) is 0 Å². The normalized spacial score (nSPS) is 10.5. The third-order valence-electron chi connectivity index (χ3n) is 2.07. The lowest BCUT2D eigenvalue weighted by atomic mass is 10.4. The van der Waals surface area contributed by atoms with Crippen LogP contribution in [0.25, 0.3) is 0 Å². The summed E-state index contributed by atoms with van der Waals surface area (Å²) in [4.78, 5) is 4.14. The Kier molecular flexibility index (Phi) is 3.29. The number of rotatable bonds is 5. The van der Waals surface area contributed by atoms with Crippen molar-refractivity contribution in [1.29, 1.82) is 0 Å². The summed E-state index contributed by atoms with van der Waals surface area (Å²) in [6.45, 7) is 3.94. The van der Waals surface area contributed by atoms with E-state index in [1.54, 1.807) is 6.20 Å². The minimum Gasteiger partial charge on any atom is -0.369 e. The van der Waals surface area contributed by atoms with Crippen LogP contribution in [-0.4, -0.2) is 19.1 Å². The molecule has 0 aromatic carbocycles. The Balaban J connectivity index is 1.95. The highest BCUT2D eigenvalue weighted by atomic mass is 32.1. The summed E-state index contributed by atoms with van der Waals surface area (Å²) in [6.07, 6.45) is 6.60. The fraction of sp³-hybridized carbons (Fsp3) is 0.444. The van der Waals surface area contributed by atoms with Gasteiger partial charge in [0, 0.05) is 24.3 Å². The van der Waals surface area contributed by atoms with Crippen molar-refractivity contribution in [3.63, 3.8) is 0 Å². The quantitative estimate of drug-likeness (QED) is 0.839. The molecule has 0 radical (unpaired) electrons. The van der Waals surface area contributed by atoms with Gasteiger partial charge in [0.2, 0.25) is 0 Å². The molecule has 0 fully saturated rings. The number of nitrogens with one attached hydrogen (secondary N) is 1. The highest BCUT2D eigenvalue weighted by Gasteiger charge is 2.01. The first kappa shape index (κ1) is 10.1. The average molecular weight is 223 g/mol. The molecule has 1 N–H and O–H groups in total. The molecular weight excluding hydrogens is 210 g/mol. The second kappa shape index (κ2) is 4.88. The maximum absolute atomic E-state index is 4.14. The van der Waals surface area contributed by atoms with Gasteiger partial charge >= 0.3 is 0 Å². The lowest BCUT2D eigenvalue weighted by Gasteiger charge is -2.06. The molecular formula is C9H13N5S. The first-order chi connectivity index (χ1) is 7.40. The lowest BCUT2D eigenvalue weighted by molar-refractivity contribution is 0.651. The van der Waals surface area contributed by atoms with Crippen molar-refractivity contribution >= 4 is 16.5 Å². The lowest BCUT2D eigenvalue weighted by Crippen LogP contribution is -2.06. The molecule has 2 heterocycles. The largest absolute Gasteiger partial charge is 0.369 e. The van der Waals surface area contributed by atoms with E-state index in [-0.39, 0.29) is 0 Å². The van der Waals surface area contributed by atoms with Crippen molar-refractivity contribution in [1.82, 2.24) is 19.1 Å². The number of hydrogen-bond acceptors (Lipinski definition) is 5. The Morgan fingerprint density at radius 2 is 2.40 bits per heavy atom. The molecule has 0 atom stereocenters. The molecule has 0 amide bonds. The minimum absolute atomic E-state index is 0.768. The molecule has 5 nitrogen and oxygen atoms in total. The molecule has 2 aromatic rings. The number of nitrogens with zero attached hydrogens (tertiary/aromatic N) is 4. The molecule has 0 unspecified atom stereocenters. The molecule has 2 aromatic heterocycles. The summed E-state index contributed by atoms with van der Waals surface area (Å²) >= 11 is 1.36. The predicted molar refractivity (Wildman–Crippen MR) is 59.8 cm³/mol. The zero-order chi connectivity index (χ0) is 10.5. The van der Waals surface area contributed by atoms with Crippen LogP contribution >= 0.6 is 11.5 Å². The van der Waals surface area contributed by atoms with E-state index < -0.39 is 0 Å². The molecule has 0 saturated carbocycles. The molecule has 2 rings (SSSR count). The van der Waals surface area contributed by atoms with Crippen LogP contribution in [0.15, 0.2) is 18.7 Å². The Morgan fingerprint density at radius 1 is 1.47 bits per heavy atom. The summed E-state index contributed by atoms with van der Waals surface area (Å²) in [5.41, 5.74) is 1.19. The Labute approximate surface area is 92.3 Å². The van der Waals surface area contributed by atoms with E-state index in [2.05, 4.69) is 31.4 Å². The van der Waals surface area contributed by atoms with E-state index in [1.807, 2.05) is 12.5 Å². The van der Waals surface area contributed by atoms with Crippen LogP contribution in [0.2, 0.25) is 0 Å². The number of aromatic nitrogens is 4. The van der Waals surface area contributed by atoms with Gasteiger partial charge in [0.1, 0.15) is 5.00 Å². The first-order valence-electron chi connectivity index (χ1n) is 4.90. The van der Waals surface area contributed by atoms with Crippen molar-refractivity contribution in [2.75, 3.05) is 5.32 Å². The Hall–Kier alpha value is -1.43. The smallest absolute Gasteiger partial charge is 0.130 e. The van der Waals surface area contributed by atoms with Gasteiger partial charge in [0.25, 0.3) is 0 Å². The van der Waals surface area contributed by atoms with Gasteiger partial charge in [-0.2, -0.15) is 0 Å². The van der Waals surface area contributed by atoms with Gasteiger partial charge in [-0.15, -0.1) is 5.10 Å². The standard InChI is InChI=1S/C9H13N5S/c1-2-3-14-7-10-4-8(14)5-11-9-6-12-13-15-9/h4,6-7,11H,2-3,5H2,1H3. The highest BCUT2D eigenvalue weighted by Crippen LogP contribution is 2.11. The molecule has 0 aliphatic rings. The second-order valence-electron chi connectivity index (χ2n) is 3.21. The number of anilines is 1. The summed E-state index contributed by atoms with van der Waals surface area (Å²) in [7, 11) is 0. The number of imidazole rings is 1. The predicted octanol–water partition coefficient (Wildman–Crippen LogP) is 1.76. The van der Waals surface area contributed by atoms with Gasteiger partial charge in [0.15, 0.2) is 0 Å². The topological polar surface area (TPSA) is 55.6 Å². The van der Waals surface area contributed by atoms with Gasteiger partial charge < -0.3 is 9.88 Å². The van der Waals surface area contributed by atoms with Crippen molar-refractivity contribution in [3.8, 4) is 0 Å². The third kappa shape index (κ3) is 2.53. The molecule has 0 saturated heterocycles. The highest BCUT2D eigenvalue weighted by molar-refractivity contribution is 7.09. The molecule has 80 valence electrons. The molecule has 0 aliphatic heterocycles. The van der Waals surface area contributed by atoms with E-state index in [1.165, 1.54) is 17.2 Å². The summed E-state index contributed by atoms with van der Waals surface area (Å²) in [5, 5.41) is 8.01. The van der Waals surface area contributed by atoms with E-state index >= 15 is 0 Å². The molecule has 0 bridgehead atoms. The van der Waals surface area contributed by atoms with Crippen molar-refractivity contribution in [2.45, 2.75) is 26.4 Å². The van der Waals surface area contributed by atoms with Crippen LogP contribution in [0.4, 0.5) is 5.00 Å². The first-order valence-corrected chi connectivity index (χ1v) is 5.67. The van der Waals surface area contributed by atoms with Gasteiger partial charge in [-0.05, 0) is 6.42 Å². The van der Waals surface area contributed by atoms with Crippen LogP contribution in [-0.2, 0) is 13.1 Å². The number of aryl methyl sites for hydroxylation is 1. The van der Waals surface area contributed by atoms with Crippen LogP contribution < -0.4 is 5.32 Å². The van der Waals surface area contributed by atoms with E-state index in [4.69, 9.17) is 0 Å². The second-order valence-corrected chi connectivity index (χ2v) is 4.00. The van der Waals surface area contributed by atoms with Gasteiger partial charge in [-0.1, -0.05) is 11.4 Å². The zero-order valence-electron chi connectivity index (χ0n) is 8.55. The van der Waals surface area contributed by atoms with Crippen LogP contribution in [0.3, 0.4) is 0 Å². The fourth-order valence-electron chi connectivity index (χ4n) is 1.36. The van der Waals surface area contributed by atoms with Gasteiger partial charge in [0.05, 0.1) is 24.8 Å². The van der Waals surface area contributed by atoms with E-state index in [9.17, 15) is 0 Å². The summed E-state index contributed by atoms with van der Waals surface area (Å²) in [5.74, 6) is 0. The SMILES string of the molecule is CCCn1cncc1CNc1cnns1. The third-order valence-corrected chi connectivity index (χ3v) is 2.69. The molecule has 15 heavy (non-hydrogen) atoms. The minimum atomic E-state index is 0.768. The van der Waals surface area contributed by atoms with E-state index in [0.717, 1.165) is 24.5 Å². The molecule has 0 spiro atoms. The van der Waals surface area contributed by atoms with Crippen molar-refractivity contribution in [3.05, 3.63) is 24.4 Å². The molecule has 0 aliphatic carbocycles. The van der Waals surface area contributed by atoms with Crippen LogP contribution in [0, 0.1) is 0 Å². The summed E-state index contributed by atoms with van der Waals surface area (Å²) in [6, 6.07) is 0.